The fourth-order valence-electron chi connectivity index (χ4n) is 5.49. The van der Waals surface area contributed by atoms with Crippen LogP contribution in [0.2, 0.25) is 0 Å². The average Bonchev–Trinajstić information content (AvgIpc) is 2.88. The summed E-state index contributed by atoms with van der Waals surface area (Å²) >= 11 is 0. The Morgan fingerprint density at radius 1 is 0.421 bits per heavy atom. The van der Waals surface area contributed by atoms with Gasteiger partial charge in [0.2, 0.25) is 0 Å². The molecule has 3 nitrogen and oxygen atoms in total. The summed E-state index contributed by atoms with van der Waals surface area (Å²) in [5.74, 6) is -0.901. The van der Waals surface area contributed by atoms with Gasteiger partial charge in [0.05, 0.1) is 0 Å². The van der Waals surface area contributed by atoms with Gasteiger partial charge in [-0.3, -0.25) is 0 Å². The fourth-order valence-corrected chi connectivity index (χ4v) is 5.49. The van der Waals surface area contributed by atoms with E-state index < -0.39 is 5.97 Å². The molecule has 0 aliphatic heterocycles. The maximum absolute atomic E-state index is 10.8. The van der Waals surface area contributed by atoms with Crippen LogP contribution >= 0.6 is 0 Å². The zero-order chi connectivity index (χ0) is 27.1. The van der Waals surface area contributed by atoms with Gasteiger partial charge in [-0.05, 0) is 45.3 Å². The van der Waals surface area contributed by atoms with Crippen molar-refractivity contribution < 1.29 is 61.3 Å². The van der Waals surface area contributed by atoms with Gasteiger partial charge in [0, 0.05) is 5.97 Å². The van der Waals surface area contributed by atoms with E-state index in [1.165, 1.54) is 167 Å². The van der Waals surface area contributed by atoms with Crippen molar-refractivity contribution in [2.24, 2.45) is 0 Å². The number of unbranched alkanes of at least 4 members (excludes halogenated alkanes) is 24. The molecule has 0 aromatic rings. The van der Waals surface area contributed by atoms with Crippen LogP contribution in [-0.4, -0.2) is 30.5 Å². The van der Waals surface area contributed by atoms with Crippen LogP contribution in [0.5, 0.6) is 0 Å². The quantitative estimate of drug-likeness (QED) is 0.0656. The molecule has 0 bridgehead atoms. The third-order valence-electron chi connectivity index (χ3n) is 8.01. The largest absolute Gasteiger partial charge is 1.00 e. The summed E-state index contributed by atoms with van der Waals surface area (Å²) in [5.41, 5.74) is 0. The molecule has 0 saturated heterocycles. The first-order chi connectivity index (χ1) is 18.2. The molecule has 0 unspecified atom stereocenters. The van der Waals surface area contributed by atoms with Crippen molar-refractivity contribution in [3.05, 3.63) is 0 Å². The zero-order valence-corrected chi connectivity index (χ0v) is 29.8. The number of aliphatic carboxylic acids is 1. The van der Waals surface area contributed by atoms with Gasteiger partial charge in [0.25, 0.3) is 0 Å². The number of carbonyl (C=O) groups is 1. The first-order valence-corrected chi connectivity index (χ1v) is 17.1. The van der Waals surface area contributed by atoms with Gasteiger partial charge in [0.1, 0.15) is 0 Å². The second kappa shape index (κ2) is 36.1. The molecule has 38 heavy (non-hydrogen) atoms. The molecule has 0 spiro atoms. The van der Waals surface area contributed by atoms with Crippen LogP contribution in [0, 0.1) is 0 Å². The van der Waals surface area contributed by atoms with Gasteiger partial charge < -0.3 is 14.8 Å². The van der Waals surface area contributed by atoms with Crippen molar-refractivity contribution in [1.82, 2.24) is 4.90 Å². The van der Waals surface area contributed by atoms with E-state index in [1.54, 1.807) is 0 Å². The van der Waals surface area contributed by atoms with Gasteiger partial charge >= 0.3 is 51.4 Å². The van der Waals surface area contributed by atoms with E-state index in [-0.39, 0.29) is 57.8 Å². The van der Waals surface area contributed by atoms with Gasteiger partial charge in [-0.1, -0.05) is 168 Å². The standard InChI is InChI=1S/C34H69NO2.K/c1-3-5-7-9-11-13-15-17-19-21-23-25-27-31-35(33-29-30-34(36)37)32-28-26-24-22-20-18-16-14-12-10-8-6-4-2;/h3-33H2,1-2H3,(H,36,37);/q;+1/p-1. The summed E-state index contributed by atoms with van der Waals surface area (Å²) in [6, 6.07) is 0. The van der Waals surface area contributed by atoms with Gasteiger partial charge in [-0.2, -0.15) is 0 Å². The van der Waals surface area contributed by atoms with Crippen LogP contribution in [0.4, 0.5) is 0 Å². The summed E-state index contributed by atoms with van der Waals surface area (Å²) < 4.78 is 0. The number of hydrogen-bond donors (Lipinski definition) is 0. The maximum Gasteiger partial charge on any atom is 1.00 e. The van der Waals surface area contributed by atoms with E-state index in [4.69, 9.17) is 0 Å². The third kappa shape index (κ3) is 35.1. The van der Waals surface area contributed by atoms with Crippen molar-refractivity contribution >= 4 is 5.97 Å². The van der Waals surface area contributed by atoms with Gasteiger partial charge in [-0.15, -0.1) is 0 Å². The minimum atomic E-state index is -0.901. The molecule has 0 aliphatic rings. The molecule has 0 fully saturated rings. The molecule has 0 aromatic carbocycles. The molecule has 4 heteroatoms. The molecule has 0 rings (SSSR count). The van der Waals surface area contributed by atoms with Crippen molar-refractivity contribution in [2.45, 2.75) is 194 Å². The SMILES string of the molecule is CCCCCCCCCCCCCCCN(CCCCCCCCCCCCCCC)CCCC(=O)[O-].[K+]. The van der Waals surface area contributed by atoms with Crippen LogP contribution in [0.3, 0.4) is 0 Å². The molecule has 0 radical (unpaired) electrons. The van der Waals surface area contributed by atoms with E-state index in [0.717, 1.165) is 26.1 Å². The second-order valence-corrected chi connectivity index (χ2v) is 11.8. The van der Waals surface area contributed by atoms with Crippen molar-refractivity contribution in [2.75, 3.05) is 19.6 Å². The Hall–Kier alpha value is 1.07. The summed E-state index contributed by atoms with van der Waals surface area (Å²) in [7, 11) is 0. The maximum atomic E-state index is 10.8. The third-order valence-corrected chi connectivity index (χ3v) is 8.01. The molecule has 0 heterocycles. The van der Waals surface area contributed by atoms with Gasteiger partial charge in [-0.25, -0.2) is 0 Å². The van der Waals surface area contributed by atoms with Crippen LogP contribution in [-0.2, 0) is 4.79 Å². The number of nitrogens with zero attached hydrogens (tertiary/aromatic N) is 1. The number of carboxylic acid groups (broad SMARTS) is 1. The summed E-state index contributed by atoms with van der Waals surface area (Å²) in [6.45, 7) is 7.78. The average molecular weight is 562 g/mol. The number of carbonyl (C=O) groups excluding carboxylic acids is 1. The van der Waals surface area contributed by atoms with Crippen molar-refractivity contribution in [1.29, 1.82) is 0 Å². The van der Waals surface area contributed by atoms with E-state index in [2.05, 4.69) is 18.7 Å². The molecule has 0 aromatic heterocycles. The zero-order valence-electron chi connectivity index (χ0n) is 26.7. The Labute approximate surface area is 282 Å². The Morgan fingerprint density at radius 3 is 0.921 bits per heavy atom. The first kappa shape index (κ1) is 41.2. The fraction of sp³-hybridized carbons (Fsp3) is 0.971. The molecule has 0 atom stereocenters. The van der Waals surface area contributed by atoms with E-state index >= 15 is 0 Å². The molecular weight excluding hydrogens is 493 g/mol. The molecule has 222 valence electrons. The predicted molar refractivity (Wildman–Crippen MR) is 162 cm³/mol. The molecular formula is C34H68KNO2. The number of carboxylic acids is 1. The second-order valence-electron chi connectivity index (χ2n) is 11.8. The Balaban J connectivity index is 0. The van der Waals surface area contributed by atoms with E-state index in [1.807, 2.05) is 0 Å². The Bertz CT molecular complexity index is 416. The number of rotatable bonds is 32. The smallest absolute Gasteiger partial charge is 0.550 e. The molecule has 0 aliphatic carbocycles. The Morgan fingerprint density at radius 2 is 0.658 bits per heavy atom. The van der Waals surface area contributed by atoms with E-state index in [0.29, 0.717) is 0 Å². The van der Waals surface area contributed by atoms with Crippen LogP contribution in [0.1, 0.15) is 194 Å². The monoisotopic (exact) mass is 561 g/mol. The molecule has 0 amide bonds. The van der Waals surface area contributed by atoms with Crippen molar-refractivity contribution in [3.63, 3.8) is 0 Å². The normalized spacial score (nSPS) is 11.2. The molecule has 0 N–H and O–H groups in total. The van der Waals surface area contributed by atoms with Crippen LogP contribution in [0.15, 0.2) is 0 Å². The minimum Gasteiger partial charge on any atom is -0.550 e. The topological polar surface area (TPSA) is 43.4 Å². The summed E-state index contributed by atoms with van der Waals surface area (Å²) in [5, 5.41) is 10.8. The predicted octanol–water partition coefficient (Wildman–Crippen LogP) is 7.00. The van der Waals surface area contributed by atoms with Crippen molar-refractivity contribution in [3.8, 4) is 0 Å². The minimum absolute atomic E-state index is 0. The first-order valence-electron chi connectivity index (χ1n) is 17.1. The van der Waals surface area contributed by atoms with E-state index in [9.17, 15) is 9.90 Å². The summed E-state index contributed by atoms with van der Waals surface area (Å²) in [6.07, 6.45) is 37.1. The Kier molecular flexibility index (Phi) is 39.1. The summed E-state index contributed by atoms with van der Waals surface area (Å²) in [4.78, 5) is 13.4. The number of hydrogen-bond acceptors (Lipinski definition) is 3. The van der Waals surface area contributed by atoms with Crippen LogP contribution in [0.25, 0.3) is 0 Å². The molecule has 0 saturated carbocycles. The van der Waals surface area contributed by atoms with Crippen LogP contribution < -0.4 is 56.5 Å². The van der Waals surface area contributed by atoms with Gasteiger partial charge in [0.15, 0.2) is 0 Å².